The number of fused-ring (bicyclic) bond motifs is 2. The molecule has 4 nitrogen and oxygen atoms in total. The van der Waals surface area contributed by atoms with E-state index in [4.69, 9.17) is 0 Å². The Morgan fingerprint density at radius 2 is 1.48 bits per heavy atom. The lowest BCUT2D eigenvalue weighted by Gasteiger charge is -2.31. The van der Waals surface area contributed by atoms with E-state index in [9.17, 15) is 14.7 Å². The highest BCUT2D eigenvalue weighted by molar-refractivity contribution is 5.87. The maximum absolute atomic E-state index is 13.1. The standard InChI is InChI=1S/C19H31NO3/c1-3-5-7-11-20(12-8-6-4-2)18(21)16-14-9-10-15(13-14)17(16)19(22)23/h9-10,14-17H,3-8,11-13H2,1-2H3,(H,22,23). The summed E-state index contributed by atoms with van der Waals surface area (Å²) in [5, 5.41) is 9.56. The number of hydrogen-bond donors (Lipinski definition) is 1. The van der Waals surface area contributed by atoms with Crippen molar-refractivity contribution in [1.29, 1.82) is 0 Å². The van der Waals surface area contributed by atoms with Crippen LogP contribution in [0.5, 0.6) is 0 Å². The van der Waals surface area contributed by atoms with Gasteiger partial charge in [0.25, 0.3) is 0 Å². The van der Waals surface area contributed by atoms with Crippen LogP contribution in [0.25, 0.3) is 0 Å². The first-order valence-corrected chi connectivity index (χ1v) is 9.30. The van der Waals surface area contributed by atoms with Crippen LogP contribution in [0.2, 0.25) is 0 Å². The van der Waals surface area contributed by atoms with E-state index >= 15 is 0 Å². The van der Waals surface area contributed by atoms with Crippen molar-refractivity contribution >= 4 is 11.9 Å². The van der Waals surface area contributed by atoms with Crippen LogP contribution in [0.15, 0.2) is 12.2 Å². The van der Waals surface area contributed by atoms with Crippen LogP contribution >= 0.6 is 0 Å². The molecule has 2 bridgehead atoms. The van der Waals surface area contributed by atoms with Crippen molar-refractivity contribution in [1.82, 2.24) is 4.90 Å². The summed E-state index contributed by atoms with van der Waals surface area (Å²) in [7, 11) is 0. The van der Waals surface area contributed by atoms with Gasteiger partial charge in [0.2, 0.25) is 5.91 Å². The van der Waals surface area contributed by atoms with Gasteiger partial charge in [0, 0.05) is 13.1 Å². The number of aliphatic carboxylic acids is 1. The molecule has 2 rings (SSSR count). The smallest absolute Gasteiger partial charge is 0.307 e. The third kappa shape index (κ3) is 4.15. The van der Waals surface area contributed by atoms with E-state index < -0.39 is 11.9 Å². The van der Waals surface area contributed by atoms with Crippen LogP contribution < -0.4 is 0 Å². The van der Waals surface area contributed by atoms with Crippen LogP contribution in [0.4, 0.5) is 0 Å². The van der Waals surface area contributed by atoms with E-state index in [2.05, 4.69) is 19.9 Å². The summed E-state index contributed by atoms with van der Waals surface area (Å²) < 4.78 is 0. The van der Waals surface area contributed by atoms with E-state index in [0.29, 0.717) is 0 Å². The normalized spacial score (nSPS) is 28.3. The lowest BCUT2D eigenvalue weighted by Crippen LogP contribution is -2.43. The maximum atomic E-state index is 13.1. The highest BCUT2D eigenvalue weighted by atomic mass is 16.4. The zero-order valence-electron chi connectivity index (χ0n) is 14.5. The molecule has 23 heavy (non-hydrogen) atoms. The van der Waals surface area contributed by atoms with Gasteiger partial charge < -0.3 is 10.0 Å². The second-order valence-electron chi connectivity index (χ2n) is 7.08. The van der Waals surface area contributed by atoms with Crippen LogP contribution in [0, 0.1) is 23.7 Å². The molecule has 0 saturated heterocycles. The minimum Gasteiger partial charge on any atom is -0.481 e. The Labute approximate surface area is 139 Å². The molecule has 0 heterocycles. The average Bonchev–Trinajstić information content (AvgIpc) is 3.14. The van der Waals surface area contributed by atoms with Crippen molar-refractivity contribution in [2.24, 2.45) is 23.7 Å². The van der Waals surface area contributed by atoms with Gasteiger partial charge in [0.15, 0.2) is 0 Å². The largest absolute Gasteiger partial charge is 0.481 e. The first kappa shape index (κ1) is 18.0. The predicted molar refractivity (Wildman–Crippen MR) is 91.0 cm³/mol. The van der Waals surface area contributed by atoms with Crippen molar-refractivity contribution < 1.29 is 14.7 Å². The molecule has 1 saturated carbocycles. The fourth-order valence-electron chi connectivity index (χ4n) is 4.14. The summed E-state index contributed by atoms with van der Waals surface area (Å²) in [6, 6.07) is 0. The molecular formula is C19H31NO3. The third-order valence-electron chi connectivity index (χ3n) is 5.40. The van der Waals surface area contributed by atoms with E-state index in [1.165, 1.54) is 0 Å². The molecule has 0 radical (unpaired) electrons. The van der Waals surface area contributed by atoms with Gasteiger partial charge in [0.1, 0.15) is 0 Å². The molecular weight excluding hydrogens is 290 g/mol. The SMILES string of the molecule is CCCCCN(CCCCC)C(=O)C1C2C=CC(C2)C1C(=O)O. The Morgan fingerprint density at radius 3 is 1.96 bits per heavy atom. The Balaban J connectivity index is 2.05. The van der Waals surface area contributed by atoms with Gasteiger partial charge in [-0.25, -0.2) is 0 Å². The predicted octanol–water partition coefficient (Wildman–Crippen LogP) is 3.72. The summed E-state index contributed by atoms with van der Waals surface area (Å²) >= 11 is 0. The number of allylic oxidation sites excluding steroid dienone is 2. The van der Waals surface area contributed by atoms with Crippen LogP contribution in [0.3, 0.4) is 0 Å². The second kappa shape index (κ2) is 8.51. The molecule has 2 aliphatic rings. The van der Waals surface area contributed by atoms with Crippen molar-refractivity contribution in [3.8, 4) is 0 Å². The lowest BCUT2D eigenvalue weighted by atomic mass is 9.82. The molecule has 4 heteroatoms. The second-order valence-corrected chi connectivity index (χ2v) is 7.08. The number of carboxylic acid groups (broad SMARTS) is 1. The highest BCUT2D eigenvalue weighted by Crippen LogP contribution is 2.48. The number of nitrogens with zero attached hydrogens (tertiary/aromatic N) is 1. The monoisotopic (exact) mass is 321 g/mol. The Morgan fingerprint density at radius 1 is 0.957 bits per heavy atom. The van der Waals surface area contributed by atoms with E-state index in [-0.39, 0.29) is 23.7 Å². The van der Waals surface area contributed by atoms with Crippen LogP contribution in [-0.4, -0.2) is 35.0 Å². The van der Waals surface area contributed by atoms with Crippen LogP contribution in [-0.2, 0) is 9.59 Å². The van der Waals surface area contributed by atoms with Gasteiger partial charge in [-0.05, 0) is 31.1 Å². The van der Waals surface area contributed by atoms with E-state index in [0.717, 1.165) is 58.0 Å². The zero-order chi connectivity index (χ0) is 16.8. The van der Waals surface area contributed by atoms with Crippen molar-refractivity contribution in [2.75, 3.05) is 13.1 Å². The number of carbonyl (C=O) groups is 2. The van der Waals surface area contributed by atoms with E-state index in [1.54, 1.807) is 0 Å². The molecule has 0 spiro atoms. The molecule has 2 aliphatic carbocycles. The molecule has 0 aromatic carbocycles. The topological polar surface area (TPSA) is 57.6 Å². The summed E-state index contributed by atoms with van der Waals surface area (Å²) in [4.78, 5) is 26.7. The quantitative estimate of drug-likeness (QED) is 0.493. The Kier molecular flexibility index (Phi) is 6.67. The molecule has 0 aromatic rings. The minimum atomic E-state index is -0.803. The van der Waals surface area contributed by atoms with Gasteiger partial charge in [-0.1, -0.05) is 51.7 Å². The summed E-state index contributed by atoms with van der Waals surface area (Å²) in [5.41, 5.74) is 0. The van der Waals surface area contributed by atoms with Gasteiger partial charge in [-0.15, -0.1) is 0 Å². The summed E-state index contributed by atoms with van der Waals surface area (Å²) in [5.74, 6) is -1.39. The van der Waals surface area contributed by atoms with Crippen molar-refractivity contribution in [2.45, 2.75) is 58.8 Å². The lowest BCUT2D eigenvalue weighted by molar-refractivity contribution is -0.151. The van der Waals surface area contributed by atoms with Gasteiger partial charge in [-0.2, -0.15) is 0 Å². The molecule has 4 atom stereocenters. The zero-order valence-corrected chi connectivity index (χ0v) is 14.5. The Bertz CT molecular complexity index is 436. The van der Waals surface area contributed by atoms with Crippen LogP contribution in [0.1, 0.15) is 58.8 Å². The number of carbonyl (C=O) groups excluding carboxylic acids is 1. The van der Waals surface area contributed by atoms with Gasteiger partial charge in [0.05, 0.1) is 11.8 Å². The third-order valence-corrected chi connectivity index (χ3v) is 5.40. The number of hydrogen-bond acceptors (Lipinski definition) is 2. The van der Waals surface area contributed by atoms with Gasteiger partial charge >= 0.3 is 5.97 Å². The average molecular weight is 321 g/mol. The molecule has 0 aliphatic heterocycles. The summed E-state index contributed by atoms with van der Waals surface area (Å²) in [6.07, 6.45) is 11.5. The van der Waals surface area contributed by atoms with E-state index in [1.807, 2.05) is 11.0 Å². The first-order chi connectivity index (χ1) is 11.1. The maximum Gasteiger partial charge on any atom is 0.307 e. The molecule has 130 valence electrons. The number of amides is 1. The number of rotatable bonds is 10. The fraction of sp³-hybridized carbons (Fsp3) is 0.789. The van der Waals surface area contributed by atoms with Gasteiger partial charge in [-0.3, -0.25) is 9.59 Å². The number of unbranched alkanes of at least 4 members (excludes halogenated alkanes) is 4. The highest BCUT2D eigenvalue weighted by Gasteiger charge is 2.52. The molecule has 1 fully saturated rings. The van der Waals surface area contributed by atoms with Crippen molar-refractivity contribution in [3.05, 3.63) is 12.2 Å². The molecule has 1 amide bonds. The molecule has 4 unspecified atom stereocenters. The summed E-state index contributed by atoms with van der Waals surface area (Å²) in [6.45, 7) is 5.87. The molecule has 1 N–H and O–H groups in total. The minimum absolute atomic E-state index is 0.0552. The Hall–Kier alpha value is -1.32. The van der Waals surface area contributed by atoms with Crippen molar-refractivity contribution in [3.63, 3.8) is 0 Å². The first-order valence-electron chi connectivity index (χ1n) is 9.30. The fourth-order valence-corrected chi connectivity index (χ4v) is 4.14. The molecule has 0 aromatic heterocycles. The number of carboxylic acids is 1.